The summed E-state index contributed by atoms with van der Waals surface area (Å²) in [5.74, 6) is 0.900. The summed E-state index contributed by atoms with van der Waals surface area (Å²) in [7, 11) is 0. The first kappa shape index (κ1) is 18.4. The van der Waals surface area contributed by atoms with E-state index in [-0.39, 0.29) is 5.75 Å². The predicted octanol–water partition coefficient (Wildman–Crippen LogP) is 4.54. The fourth-order valence-electron chi connectivity index (χ4n) is 3.48. The summed E-state index contributed by atoms with van der Waals surface area (Å²) in [5, 5.41) is 15.2. The van der Waals surface area contributed by atoms with Crippen LogP contribution in [0.5, 0.6) is 5.75 Å². The minimum absolute atomic E-state index is 0.107. The zero-order valence-electron chi connectivity index (χ0n) is 14.6. The Balaban J connectivity index is 0.000000146. The third-order valence-corrected chi connectivity index (χ3v) is 5.33. The molecule has 2 aliphatic rings. The molecule has 4 nitrogen and oxygen atoms in total. The molecule has 1 atom stereocenters. The summed E-state index contributed by atoms with van der Waals surface area (Å²) in [6.07, 6.45) is 11.7. The highest BCUT2D eigenvalue weighted by molar-refractivity contribution is 6.32. The summed E-state index contributed by atoms with van der Waals surface area (Å²) in [4.78, 5) is 3.94. The fourth-order valence-corrected chi connectivity index (χ4v) is 3.65. The molecule has 1 aromatic heterocycles. The second-order valence-electron chi connectivity index (χ2n) is 7.00. The van der Waals surface area contributed by atoms with Crippen LogP contribution in [-0.2, 0) is 4.74 Å². The zero-order chi connectivity index (χ0) is 17.5. The molecule has 1 aromatic carbocycles. The number of aromatic hydroxyl groups is 1. The number of halogens is 1. The third kappa shape index (κ3) is 5.56. The van der Waals surface area contributed by atoms with E-state index in [2.05, 4.69) is 10.3 Å². The predicted molar refractivity (Wildman–Crippen MR) is 102 cm³/mol. The van der Waals surface area contributed by atoms with Gasteiger partial charge in [-0.15, -0.1) is 0 Å². The first-order valence-corrected chi connectivity index (χ1v) is 9.63. The molecule has 1 unspecified atom stereocenters. The van der Waals surface area contributed by atoms with Crippen molar-refractivity contribution in [2.45, 2.75) is 44.6 Å². The number of fused-ring (bicyclic) bond motifs is 1. The number of aromatic nitrogens is 1. The van der Waals surface area contributed by atoms with Crippen LogP contribution in [0.15, 0.2) is 30.6 Å². The Labute approximate surface area is 154 Å². The molecule has 2 N–H and O–H groups in total. The van der Waals surface area contributed by atoms with Crippen LogP contribution in [0.2, 0.25) is 5.02 Å². The topological polar surface area (TPSA) is 54.4 Å². The third-order valence-electron chi connectivity index (χ3n) is 5.03. The first-order valence-electron chi connectivity index (χ1n) is 9.26. The molecule has 0 spiro atoms. The molecule has 2 aromatic rings. The van der Waals surface area contributed by atoms with Crippen molar-refractivity contribution >= 4 is 22.4 Å². The Morgan fingerprint density at radius 3 is 2.76 bits per heavy atom. The lowest BCUT2D eigenvalue weighted by molar-refractivity contribution is 0.184. The van der Waals surface area contributed by atoms with E-state index < -0.39 is 0 Å². The number of nitrogens with one attached hydrogen (secondary N) is 1. The van der Waals surface area contributed by atoms with Crippen molar-refractivity contribution in [2.75, 3.05) is 19.8 Å². The van der Waals surface area contributed by atoms with Crippen LogP contribution in [0.1, 0.15) is 38.5 Å². The Hall–Kier alpha value is -1.36. The van der Waals surface area contributed by atoms with Crippen molar-refractivity contribution in [1.82, 2.24) is 10.3 Å². The van der Waals surface area contributed by atoms with Crippen LogP contribution in [0.25, 0.3) is 10.8 Å². The molecule has 1 aliphatic carbocycles. The van der Waals surface area contributed by atoms with Gasteiger partial charge < -0.3 is 15.2 Å². The second-order valence-corrected chi connectivity index (χ2v) is 7.41. The molecule has 0 bridgehead atoms. The molecule has 1 saturated heterocycles. The molecule has 4 rings (SSSR count). The standard InChI is InChI=1S/C11H21NO.C9H6ClNO/c1-2-4-11(5-3-1)12-8-10-6-7-13-9-10;10-8-3-7-5-11-2-1-6(7)4-9(8)12/h10-12H,1-9H2;1-5,12H. The average molecular weight is 363 g/mol. The summed E-state index contributed by atoms with van der Waals surface area (Å²) < 4.78 is 5.36. The zero-order valence-corrected chi connectivity index (χ0v) is 15.3. The van der Waals surface area contributed by atoms with Gasteiger partial charge in [-0.25, -0.2) is 0 Å². The maximum Gasteiger partial charge on any atom is 0.134 e. The summed E-state index contributed by atoms with van der Waals surface area (Å²) in [5.41, 5.74) is 0. The van der Waals surface area contributed by atoms with E-state index in [0.717, 1.165) is 35.9 Å². The molecular weight excluding hydrogens is 336 g/mol. The number of hydrogen-bond donors (Lipinski definition) is 2. The van der Waals surface area contributed by atoms with E-state index in [1.165, 1.54) is 45.1 Å². The van der Waals surface area contributed by atoms with Crippen LogP contribution in [0, 0.1) is 5.92 Å². The minimum Gasteiger partial charge on any atom is -0.506 e. The second kappa shape index (κ2) is 9.37. The van der Waals surface area contributed by atoms with Crippen molar-refractivity contribution in [3.63, 3.8) is 0 Å². The number of benzene rings is 1. The monoisotopic (exact) mass is 362 g/mol. The van der Waals surface area contributed by atoms with Gasteiger partial charge in [-0.2, -0.15) is 0 Å². The Kier molecular flexibility index (Phi) is 6.91. The lowest BCUT2D eigenvalue weighted by atomic mass is 9.95. The largest absolute Gasteiger partial charge is 0.506 e. The van der Waals surface area contributed by atoms with Crippen molar-refractivity contribution < 1.29 is 9.84 Å². The quantitative estimate of drug-likeness (QED) is 0.841. The normalized spacial score (nSPS) is 21.1. The van der Waals surface area contributed by atoms with Crippen LogP contribution in [-0.4, -0.2) is 35.9 Å². The fraction of sp³-hybridized carbons (Fsp3) is 0.550. The van der Waals surface area contributed by atoms with Crippen molar-refractivity contribution in [2.24, 2.45) is 5.92 Å². The Morgan fingerprint density at radius 1 is 1.16 bits per heavy atom. The van der Waals surface area contributed by atoms with Crippen LogP contribution in [0.3, 0.4) is 0 Å². The molecule has 2 fully saturated rings. The van der Waals surface area contributed by atoms with E-state index in [9.17, 15) is 5.11 Å². The molecular formula is C20H27ClN2O2. The SMILES string of the molecule is C1CCC(NCC2CCOC2)CC1.Oc1cc2ccncc2cc1Cl. The van der Waals surface area contributed by atoms with E-state index >= 15 is 0 Å². The van der Waals surface area contributed by atoms with E-state index in [1.807, 2.05) is 6.07 Å². The number of phenols is 1. The smallest absolute Gasteiger partial charge is 0.134 e. The van der Waals surface area contributed by atoms with Crippen LogP contribution >= 0.6 is 11.6 Å². The highest BCUT2D eigenvalue weighted by Crippen LogP contribution is 2.28. The van der Waals surface area contributed by atoms with Gasteiger partial charge in [0.2, 0.25) is 0 Å². The van der Waals surface area contributed by atoms with Gasteiger partial charge in [-0.3, -0.25) is 4.98 Å². The molecule has 1 aliphatic heterocycles. The molecule has 0 radical (unpaired) electrons. The number of rotatable bonds is 3. The highest BCUT2D eigenvalue weighted by Gasteiger charge is 2.18. The van der Waals surface area contributed by atoms with Gasteiger partial charge in [0, 0.05) is 37.0 Å². The van der Waals surface area contributed by atoms with Crippen molar-refractivity contribution in [3.8, 4) is 5.75 Å². The van der Waals surface area contributed by atoms with Gasteiger partial charge in [0.25, 0.3) is 0 Å². The van der Waals surface area contributed by atoms with Crippen LogP contribution in [0.4, 0.5) is 0 Å². The number of nitrogens with zero attached hydrogens (tertiary/aromatic N) is 1. The van der Waals surface area contributed by atoms with Crippen molar-refractivity contribution in [3.05, 3.63) is 35.6 Å². The molecule has 25 heavy (non-hydrogen) atoms. The highest BCUT2D eigenvalue weighted by atomic mass is 35.5. The molecule has 2 heterocycles. The van der Waals surface area contributed by atoms with Gasteiger partial charge in [-0.1, -0.05) is 30.9 Å². The minimum atomic E-state index is 0.107. The van der Waals surface area contributed by atoms with E-state index in [1.54, 1.807) is 24.5 Å². The van der Waals surface area contributed by atoms with Gasteiger partial charge in [-0.05, 0) is 48.8 Å². The molecule has 5 heteroatoms. The lowest BCUT2D eigenvalue weighted by Crippen LogP contribution is -2.34. The van der Waals surface area contributed by atoms with Gasteiger partial charge in [0.15, 0.2) is 0 Å². The van der Waals surface area contributed by atoms with E-state index in [0.29, 0.717) is 5.02 Å². The Morgan fingerprint density at radius 2 is 2.00 bits per heavy atom. The molecule has 136 valence electrons. The number of pyridine rings is 1. The van der Waals surface area contributed by atoms with Gasteiger partial charge in [0.1, 0.15) is 5.75 Å². The summed E-state index contributed by atoms with van der Waals surface area (Å²) >= 11 is 5.71. The number of hydrogen-bond acceptors (Lipinski definition) is 4. The number of phenolic OH excluding ortho intramolecular Hbond substituents is 1. The van der Waals surface area contributed by atoms with Gasteiger partial charge >= 0.3 is 0 Å². The lowest BCUT2D eigenvalue weighted by Gasteiger charge is -2.24. The first-order chi connectivity index (χ1) is 12.2. The van der Waals surface area contributed by atoms with Crippen molar-refractivity contribution in [1.29, 1.82) is 0 Å². The molecule has 1 saturated carbocycles. The number of ether oxygens (including phenoxy) is 1. The maximum atomic E-state index is 9.26. The summed E-state index contributed by atoms with van der Waals surface area (Å²) in [6.45, 7) is 3.15. The molecule has 0 amide bonds. The Bertz CT molecular complexity index is 627. The van der Waals surface area contributed by atoms with Gasteiger partial charge in [0.05, 0.1) is 11.6 Å². The maximum absolute atomic E-state index is 9.26. The van der Waals surface area contributed by atoms with E-state index in [4.69, 9.17) is 16.3 Å². The average Bonchev–Trinajstić information content (AvgIpc) is 3.16. The summed E-state index contributed by atoms with van der Waals surface area (Å²) in [6, 6.07) is 5.96. The van der Waals surface area contributed by atoms with Crippen LogP contribution < -0.4 is 5.32 Å².